The van der Waals surface area contributed by atoms with Crippen molar-refractivity contribution >= 4 is 17.9 Å². The Kier molecular flexibility index (Phi) is 41.6. The highest BCUT2D eigenvalue weighted by Crippen LogP contribution is 2.13. The van der Waals surface area contributed by atoms with Crippen LogP contribution in [0.5, 0.6) is 0 Å². The van der Waals surface area contributed by atoms with Crippen molar-refractivity contribution in [2.75, 3.05) is 47.5 Å². The highest BCUT2D eigenvalue weighted by molar-refractivity contribution is 5.70. The van der Waals surface area contributed by atoms with Gasteiger partial charge in [0.1, 0.15) is 13.2 Å². The molecule has 0 aromatic carbocycles. The van der Waals surface area contributed by atoms with Crippen LogP contribution in [0.15, 0.2) is 85.1 Å². The molecular weight excluding hydrogens is 779 g/mol. The minimum absolute atomic E-state index is 0.135. The van der Waals surface area contributed by atoms with Crippen LogP contribution < -0.4 is 5.11 Å². The standard InChI is InChI=1S/C53H89NO8/c1-6-8-10-12-14-16-18-20-22-24-26-28-30-32-34-36-38-40-42-44-51(56)62-49(48-61-53(52(57)58)59-46-45-54(3,4)5)47-60-50(55)43-41-39-37-35-33-31-29-27-25-23-21-19-17-15-13-11-9-7-2/h8,10,14,16-17,19-20,22-23,25-26,28,32,34,49,53H,6-7,9,11-13,15,18,21,24,27,29-31,33,35-48H2,1-5H3/b10-8-,16-14-,19-17-,22-20-,25-23-,28-26-,34-32-. The van der Waals surface area contributed by atoms with Crippen molar-refractivity contribution in [2.45, 2.75) is 187 Å². The molecule has 354 valence electrons. The largest absolute Gasteiger partial charge is 0.545 e. The molecule has 0 fully saturated rings. The number of nitrogens with zero attached hydrogens (tertiary/aromatic N) is 1. The molecule has 0 amide bonds. The summed E-state index contributed by atoms with van der Waals surface area (Å²) in [6.07, 6.45) is 53.2. The van der Waals surface area contributed by atoms with E-state index in [1.165, 1.54) is 51.4 Å². The van der Waals surface area contributed by atoms with Crippen LogP contribution in [0.2, 0.25) is 0 Å². The lowest BCUT2D eigenvalue weighted by Gasteiger charge is -2.26. The van der Waals surface area contributed by atoms with E-state index in [2.05, 4.69) is 98.9 Å². The van der Waals surface area contributed by atoms with Gasteiger partial charge in [0.05, 0.1) is 40.3 Å². The van der Waals surface area contributed by atoms with Gasteiger partial charge in [0, 0.05) is 12.8 Å². The fraction of sp³-hybridized carbons (Fsp3) is 0.679. The second-order valence-electron chi connectivity index (χ2n) is 17.0. The van der Waals surface area contributed by atoms with Crippen molar-refractivity contribution in [1.29, 1.82) is 0 Å². The third-order valence-corrected chi connectivity index (χ3v) is 9.88. The van der Waals surface area contributed by atoms with Crippen LogP contribution in [-0.2, 0) is 33.3 Å². The molecule has 2 unspecified atom stereocenters. The fourth-order valence-corrected chi connectivity index (χ4v) is 6.12. The molecule has 0 heterocycles. The van der Waals surface area contributed by atoms with Crippen molar-refractivity contribution in [3.05, 3.63) is 85.1 Å². The number of allylic oxidation sites excluding steroid dienone is 14. The predicted molar refractivity (Wildman–Crippen MR) is 255 cm³/mol. The first-order valence-electron chi connectivity index (χ1n) is 24.2. The van der Waals surface area contributed by atoms with Gasteiger partial charge in [0.15, 0.2) is 12.4 Å². The number of quaternary nitrogens is 1. The quantitative estimate of drug-likeness (QED) is 0.0196. The van der Waals surface area contributed by atoms with Gasteiger partial charge in [-0.05, 0) is 89.9 Å². The SMILES string of the molecule is CC/C=C\C/C=C\C/C=C\C/C=C\C/C=C\CCCCCC(=O)OC(COC(=O)CCCCCCCCC/C=C\C/C=C\CCCCCC)COC(OCC[N+](C)(C)C)C(=O)[O-]. The van der Waals surface area contributed by atoms with Gasteiger partial charge in [-0.1, -0.05) is 157 Å². The smallest absolute Gasteiger partial charge is 0.306 e. The Balaban J connectivity index is 4.49. The molecule has 0 bridgehead atoms. The van der Waals surface area contributed by atoms with E-state index in [4.69, 9.17) is 18.9 Å². The summed E-state index contributed by atoms with van der Waals surface area (Å²) in [5.74, 6) is -2.35. The molecule has 0 saturated carbocycles. The highest BCUT2D eigenvalue weighted by atomic mass is 16.7. The Morgan fingerprint density at radius 1 is 0.500 bits per heavy atom. The summed E-state index contributed by atoms with van der Waals surface area (Å²) in [4.78, 5) is 37.1. The van der Waals surface area contributed by atoms with Crippen LogP contribution in [0.3, 0.4) is 0 Å². The molecule has 0 spiro atoms. The van der Waals surface area contributed by atoms with Gasteiger partial charge in [-0.15, -0.1) is 0 Å². The van der Waals surface area contributed by atoms with Gasteiger partial charge >= 0.3 is 11.9 Å². The second-order valence-corrected chi connectivity index (χ2v) is 17.0. The molecule has 0 saturated heterocycles. The van der Waals surface area contributed by atoms with Crippen LogP contribution in [0.25, 0.3) is 0 Å². The normalized spacial score (nSPS) is 13.6. The first-order chi connectivity index (χ1) is 30.1. The van der Waals surface area contributed by atoms with E-state index in [0.29, 0.717) is 17.4 Å². The number of carboxylic acids is 1. The molecule has 2 atom stereocenters. The van der Waals surface area contributed by atoms with Crippen LogP contribution >= 0.6 is 0 Å². The summed E-state index contributed by atoms with van der Waals surface area (Å²) in [7, 11) is 5.89. The molecule has 0 rings (SSSR count). The van der Waals surface area contributed by atoms with Crippen molar-refractivity contribution in [2.24, 2.45) is 0 Å². The number of unbranched alkanes of at least 4 members (excludes halogenated alkanes) is 14. The lowest BCUT2D eigenvalue weighted by Crippen LogP contribution is -2.44. The maximum absolute atomic E-state index is 12.8. The summed E-state index contributed by atoms with van der Waals surface area (Å²) in [6.45, 7) is 4.54. The van der Waals surface area contributed by atoms with Gasteiger partial charge in [-0.2, -0.15) is 0 Å². The highest BCUT2D eigenvalue weighted by Gasteiger charge is 2.21. The zero-order chi connectivity index (χ0) is 45.6. The van der Waals surface area contributed by atoms with Crippen molar-refractivity contribution in [3.8, 4) is 0 Å². The van der Waals surface area contributed by atoms with Crippen molar-refractivity contribution in [3.63, 3.8) is 0 Å². The van der Waals surface area contributed by atoms with E-state index in [1.54, 1.807) is 0 Å². The molecule has 0 aliphatic heterocycles. The molecule has 9 nitrogen and oxygen atoms in total. The molecule has 0 aliphatic carbocycles. The van der Waals surface area contributed by atoms with Gasteiger partial charge in [0.25, 0.3) is 0 Å². The first kappa shape index (κ1) is 58.5. The summed E-state index contributed by atoms with van der Waals surface area (Å²) in [5.41, 5.74) is 0. The number of hydrogen-bond donors (Lipinski definition) is 0. The van der Waals surface area contributed by atoms with Crippen LogP contribution in [0, 0.1) is 0 Å². The predicted octanol–water partition coefficient (Wildman–Crippen LogP) is 11.9. The van der Waals surface area contributed by atoms with Gasteiger partial charge in [0.2, 0.25) is 0 Å². The lowest BCUT2D eigenvalue weighted by molar-refractivity contribution is -0.870. The maximum Gasteiger partial charge on any atom is 0.306 e. The Bertz CT molecular complexity index is 1290. The van der Waals surface area contributed by atoms with E-state index in [1.807, 2.05) is 21.1 Å². The maximum atomic E-state index is 12.8. The average molecular weight is 868 g/mol. The van der Waals surface area contributed by atoms with E-state index in [9.17, 15) is 19.5 Å². The molecule has 0 N–H and O–H groups in total. The number of likely N-dealkylation sites (N-methyl/N-ethyl adjacent to an activating group) is 1. The third-order valence-electron chi connectivity index (χ3n) is 9.88. The number of carbonyl (C=O) groups excluding carboxylic acids is 3. The van der Waals surface area contributed by atoms with E-state index >= 15 is 0 Å². The van der Waals surface area contributed by atoms with E-state index in [-0.39, 0.29) is 38.6 Å². The van der Waals surface area contributed by atoms with Gasteiger partial charge < -0.3 is 33.3 Å². The number of hydrogen-bond acceptors (Lipinski definition) is 8. The summed E-state index contributed by atoms with van der Waals surface area (Å²) < 4.78 is 22.5. The molecular formula is C53H89NO8. The monoisotopic (exact) mass is 868 g/mol. The van der Waals surface area contributed by atoms with Crippen molar-refractivity contribution in [1.82, 2.24) is 0 Å². The van der Waals surface area contributed by atoms with Gasteiger partial charge in [-0.3, -0.25) is 9.59 Å². The zero-order valence-electron chi connectivity index (χ0n) is 40.0. The molecule has 0 aliphatic rings. The number of ether oxygens (including phenoxy) is 4. The molecule has 0 aromatic heterocycles. The number of rotatable bonds is 43. The Morgan fingerprint density at radius 3 is 1.39 bits per heavy atom. The summed E-state index contributed by atoms with van der Waals surface area (Å²) in [6, 6.07) is 0. The van der Waals surface area contributed by atoms with E-state index < -0.39 is 24.3 Å². The number of carbonyl (C=O) groups is 3. The Labute approximate surface area is 379 Å². The third kappa shape index (κ3) is 44.5. The molecule has 0 aromatic rings. The second kappa shape index (κ2) is 44.1. The van der Waals surface area contributed by atoms with Crippen molar-refractivity contribution < 1.29 is 42.9 Å². The fourth-order valence-electron chi connectivity index (χ4n) is 6.12. The lowest BCUT2D eigenvalue weighted by atomic mass is 10.1. The topological polar surface area (TPSA) is 111 Å². The van der Waals surface area contributed by atoms with Crippen LogP contribution in [0.4, 0.5) is 0 Å². The average Bonchev–Trinajstić information content (AvgIpc) is 3.23. The van der Waals surface area contributed by atoms with E-state index in [0.717, 1.165) is 89.9 Å². The summed E-state index contributed by atoms with van der Waals surface area (Å²) >= 11 is 0. The number of esters is 2. The van der Waals surface area contributed by atoms with Crippen LogP contribution in [0.1, 0.15) is 174 Å². The minimum atomic E-state index is -1.64. The number of carboxylic acid groups (broad SMARTS) is 1. The van der Waals surface area contributed by atoms with Gasteiger partial charge in [-0.25, -0.2) is 0 Å². The van der Waals surface area contributed by atoms with Crippen LogP contribution in [-0.4, -0.2) is 82.3 Å². The Hall–Kier alpha value is -3.53. The first-order valence-corrected chi connectivity index (χ1v) is 24.2. The summed E-state index contributed by atoms with van der Waals surface area (Å²) in [5, 5.41) is 11.7. The molecule has 0 radical (unpaired) electrons. The molecule has 62 heavy (non-hydrogen) atoms. The Morgan fingerprint density at radius 2 is 0.919 bits per heavy atom. The molecule has 9 heteroatoms. The number of aliphatic carboxylic acids is 1. The zero-order valence-corrected chi connectivity index (χ0v) is 40.0. The minimum Gasteiger partial charge on any atom is -0.545 e.